The highest BCUT2D eigenvalue weighted by Crippen LogP contribution is 2.25. The zero-order valence-corrected chi connectivity index (χ0v) is 13.9. The molecule has 124 valence electrons. The molecule has 0 saturated carbocycles. The Kier molecular flexibility index (Phi) is 5.16. The summed E-state index contributed by atoms with van der Waals surface area (Å²) in [5, 5.41) is 0.308. The Bertz CT molecular complexity index is 726. The molecule has 0 N–H and O–H groups in total. The first-order chi connectivity index (χ1) is 11.7. The molecule has 1 saturated heterocycles. The summed E-state index contributed by atoms with van der Waals surface area (Å²) in [6, 6.07) is 15.7. The van der Waals surface area contributed by atoms with Gasteiger partial charge in [-0.15, -0.1) is 0 Å². The standard InChI is InChI=1S/C19H18ClNO3/c20-16-11-5-4-10-15(16)19(23)24-17(14-8-2-1-3-9-14)18(22)21-12-6-7-13-21/h1-5,8-11,17H,6-7,12-13H2/t17-/m1/s1. The van der Waals surface area contributed by atoms with Gasteiger partial charge in [0.1, 0.15) is 0 Å². The third-order valence-electron chi connectivity index (χ3n) is 4.06. The monoisotopic (exact) mass is 343 g/mol. The Morgan fingerprint density at radius 2 is 1.58 bits per heavy atom. The average Bonchev–Trinajstić information content (AvgIpc) is 3.15. The van der Waals surface area contributed by atoms with E-state index in [9.17, 15) is 9.59 Å². The van der Waals surface area contributed by atoms with E-state index in [0.29, 0.717) is 23.7 Å². The Labute approximate surface area is 146 Å². The summed E-state index contributed by atoms with van der Waals surface area (Å²) in [5.41, 5.74) is 0.920. The number of hydrogen-bond acceptors (Lipinski definition) is 3. The van der Waals surface area contributed by atoms with Crippen LogP contribution in [0.3, 0.4) is 0 Å². The molecule has 4 nitrogen and oxygen atoms in total. The maximum Gasteiger partial charge on any atom is 0.340 e. The van der Waals surface area contributed by atoms with Crippen LogP contribution in [0.15, 0.2) is 54.6 Å². The number of benzene rings is 2. The minimum absolute atomic E-state index is 0.181. The van der Waals surface area contributed by atoms with Crippen molar-refractivity contribution in [2.24, 2.45) is 0 Å². The van der Waals surface area contributed by atoms with Gasteiger partial charge in [0.05, 0.1) is 10.6 Å². The summed E-state index contributed by atoms with van der Waals surface area (Å²) in [7, 11) is 0. The van der Waals surface area contributed by atoms with Gasteiger partial charge in [-0.05, 0) is 25.0 Å². The second kappa shape index (κ2) is 7.49. The molecule has 2 aromatic rings. The van der Waals surface area contributed by atoms with Crippen LogP contribution >= 0.6 is 11.6 Å². The van der Waals surface area contributed by atoms with Crippen LogP contribution in [0.5, 0.6) is 0 Å². The third kappa shape index (κ3) is 3.60. The summed E-state index contributed by atoms with van der Waals surface area (Å²) in [6.45, 7) is 1.40. The van der Waals surface area contributed by atoms with Gasteiger partial charge < -0.3 is 9.64 Å². The first-order valence-corrected chi connectivity index (χ1v) is 8.34. The number of carbonyl (C=O) groups excluding carboxylic acids is 2. The van der Waals surface area contributed by atoms with E-state index in [1.54, 1.807) is 41.3 Å². The van der Waals surface area contributed by atoms with Gasteiger partial charge >= 0.3 is 5.97 Å². The highest BCUT2D eigenvalue weighted by atomic mass is 35.5. The summed E-state index contributed by atoms with van der Waals surface area (Å²) >= 11 is 6.06. The lowest BCUT2D eigenvalue weighted by Crippen LogP contribution is -2.34. The Morgan fingerprint density at radius 3 is 2.25 bits per heavy atom. The van der Waals surface area contributed by atoms with Crippen molar-refractivity contribution in [3.63, 3.8) is 0 Å². The molecular formula is C19H18ClNO3. The molecule has 1 aliphatic rings. The molecule has 1 fully saturated rings. The van der Waals surface area contributed by atoms with Gasteiger partial charge in [0.25, 0.3) is 5.91 Å². The second-order valence-corrected chi connectivity index (χ2v) is 6.12. The maximum atomic E-state index is 12.8. The number of rotatable bonds is 4. The lowest BCUT2D eigenvalue weighted by Gasteiger charge is -2.23. The van der Waals surface area contributed by atoms with E-state index in [0.717, 1.165) is 12.8 Å². The van der Waals surface area contributed by atoms with Crippen LogP contribution in [0.4, 0.5) is 0 Å². The SMILES string of the molecule is O=C(O[C@@H](C(=O)N1CCCC1)c1ccccc1)c1ccccc1Cl. The first-order valence-electron chi connectivity index (χ1n) is 7.96. The van der Waals surface area contributed by atoms with Crippen LogP contribution in [-0.4, -0.2) is 29.9 Å². The Balaban J connectivity index is 1.86. The molecule has 24 heavy (non-hydrogen) atoms. The van der Waals surface area contributed by atoms with Crippen LogP contribution in [0, 0.1) is 0 Å². The number of halogens is 1. The topological polar surface area (TPSA) is 46.6 Å². The second-order valence-electron chi connectivity index (χ2n) is 5.71. The van der Waals surface area contributed by atoms with Crippen molar-refractivity contribution in [3.8, 4) is 0 Å². The molecule has 1 aliphatic heterocycles. The van der Waals surface area contributed by atoms with Crippen LogP contribution < -0.4 is 0 Å². The van der Waals surface area contributed by atoms with Gasteiger partial charge in [-0.1, -0.05) is 54.1 Å². The fourth-order valence-corrected chi connectivity index (χ4v) is 3.00. The fourth-order valence-electron chi connectivity index (χ4n) is 2.79. The van der Waals surface area contributed by atoms with Crippen molar-refractivity contribution in [2.45, 2.75) is 18.9 Å². The van der Waals surface area contributed by atoms with Crippen molar-refractivity contribution >= 4 is 23.5 Å². The van der Waals surface area contributed by atoms with Gasteiger partial charge in [-0.2, -0.15) is 0 Å². The minimum Gasteiger partial charge on any atom is -0.444 e. The number of esters is 1. The summed E-state index contributed by atoms with van der Waals surface area (Å²) in [6.07, 6.45) is 1.00. The predicted octanol–water partition coefficient (Wildman–Crippen LogP) is 3.86. The quantitative estimate of drug-likeness (QED) is 0.792. The van der Waals surface area contributed by atoms with Crippen LogP contribution in [0.2, 0.25) is 5.02 Å². The molecule has 0 aliphatic carbocycles. The largest absolute Gasteiger partial charge is 0.444 e. The zero-order valence-electron chi connectivity index (χ0n) is 13.2. The van der Waals surface area contributed by atoms with E-state index in [-0.39, 0.29) is 11.5 Å². The maximum absolute atomic E-state index is 12.8. The summed E-state index contributed by atoms with van der Waals surface area (Å²) in [4.78, 5) is 27.1. The lowest BCUT2D eigenvalue weighted by molar-refractivity contribution is -0.140. The molecule has 3 rings (SSSR count). The molecule has 2 aromatic carbocycles. The van der Waals surface area contributed by atoms with Crippen molar-refractivity contribution in [3.05, 3.63) is 70.7 Å². The number of carbonyl (C=O) groups is 2. The zero-order chi connectivity index (χ0) is 16.9. The summed E-state index contributed by atoms with van der Waals surface area (Å²) in [5.74, 6) is -0.777. The highest BCUT2D eigenvalue weighted by molar-refractivity contribution is 6.33. The van der Waals surface area contributed by atoms with Gasteiger partial charge in [0.2, 0.25) is 6.10 Å². The third-order valence-corrected chi connectivity index (χ3v) is 4.39. The number of likely N-dealkylation sites (tertiary alicyclic amines) is 1. The molecule has 0 bridgehead atoms. The molecule has 1 atom stereocenters. The van der Waals surface area contributed by atoms with Gasteiger partial charge in [-0.25, -0.2) is 4.79 Å². The highest BCUT2D eigenvalue weighted by Gasteiger charge is 2.31. The molecule has 1 heterocycles. The first kappa shape index (κ1) is 16.5. The van der Waals surface area contributed by atoms with Crippen LogP contribution in [0.1, 0.15) is 34.9 Å². The molecule has 0 unspecified atom stereocenters. The van der Waals surface area contributed by atoms with E-state index in [4.69, 9.17) is 16.3 Å². The van der Waals surface area contributed by atoms with Crippen molar-refractivity contribution in [1.82, 2.24) is 4.90 Å². The molecule has 0 spiro atoms. The number of amides is 1. The van der Waals surface area contributed by atoms with Gasteiger partial charge in [0, 0.05) is 18.7 Å². The fraction of sp³-hybridized carbons (Fsp3) is 0.263. The van der Waals surface area contributed by atoms with Crippen LogP contribution in [-0.2, 0) is 9.53 Å². The minimum atomic E-state index is -0.951. The molecule has 0 aromatic heterocycles. The van der Waals surface area contributed by atoms with E-state index >= 15 is 0 Å². The normalized spacial score (nSPS) is 15.1. The average molecular weight is 344 g/mol. The van der Waals surface area contributed by atoms with E-state index < -0.39 is 12.1 Å². The van der Waals surface area contributed by atoms with E-state index in [1.807, 2.05) is 18.2 Å². The van der Waals surface area contributed by atoms with Gasteiger partial charge in [0.15, 0.2) is 0 Å². The molecule has 5 heteroatoms. The molecule has 1 amide bonds. The van der Waals surface area contributed by atoms with Crippen molar-refractivity contribution < 1.29 is 14.3 Å². The van der Waals surface area contributed by atoms with E-state index in [2.05, 4.69) is 0 Å². The molecular weight excluding hydrogens is 326 g/mol. The Hall–Kier alpha value is -2.33. The molecule has 0 radical (unpaired) electrons. The van der Waals surface area contributed by atoms with Crippen molar-refractivity contribution in [2.75, 3.05) is 13.1 Å². The number of ether oxygens (including phenoxy) is 1. The van der Waals surface area contributed by atoms with Crippen LogP contribution in [0.25, 0.3) is 0 Å². The predicted molar refractivity (Wildman–Crippen MR) is 91.9 cm³/mol. The number of hydrogen-bond donors (Lipinski definition) is 0. The van der Waals surface area contributed by atoms with Gasteiger partial charge in [-0.3, -0.25) is 4.79 Å². The lowest BCUT2D eigenvalue weighted by atomic mass is 10.1. The smallest absolute Gasteiger partial charge is 0.340 e. The van der Waals surface area contributed by atoms with Crippen molar-refractivity contribution in [1.29, 1.82) is 0 Å². The Morgan fingerprint density at radius 1 is 0.958 bits per heavy atom. The number of nitrogens with zero attached hydrogens (tertiary/aromatic N) is 1. The summed E-state index contributed by atoms with van der Waals surface area (Å²) < 4.78 is 5.56. The van der Waals surface area contributed by atoms with E-state index in [1.165, 1.54) is 0 Å².